The molecule has 0 spiro atoms. The van der Waals surface area contributed by atoms with Crippen LogP contribution >= 0.6 is 0 Å². The first kappa shape index (κ1) is 33.5. The van der Waals surface area contributed by atoms with Gasteiger partial charge in [0.15, 0.2) is 0 Å². The number of carbonyl (C=O) groups is 2. The summed E-state index contributed by atoms with van der Waals surface area (Å²) in [7, 11) is 0. The maximum Gasteiger partial charge on any atom is 0.320 e. The number of rotatable bonds is 19. The fraction of sp³-hybridized carbons (Fsp3) is 0.500. The molecule has 0 fully saturated rings. The van der Waals surface area contributed by atoms with E-state index in [2.05, 4.69) is 67.7 Å². The van der Waals surface area contributed by atoms with E-state index in [1.165, 1.54) is 6.42 Å². The van der Waals surface area contributed by atoms with E-state index < -0.39 is 18.0 Å². The van der Waals surface area contributed by atoms with Gasteiger partial charge in [0.05, 0.1) is 0 Å². The second-order valence-corrected chi connectivity index (χ2v) is 7.64. The number of aliphatic carboxylic acids is 2. The number of hydrogen-bond acceptors (Lipinski definition) is 4. The van der Waals surface area contributed by atoms with E-state index in [1.807, 2.05) is 12.2 Å². The van der Waals surface area contributed by atoms with Gasteiger partial charge >= 0.3 is 11.9 Å². The van der Waals surface area contributed by atoms with E-state index in [0.29, 0.717) is 19.4 Å². The molecule has 0 aliphatic rings. The van der Waals surface area contributed by atoms with Gasteiger partial charge in [-0.1, -0.05) is 92.7 Å². The minimum atomic E-state index is -0.933. The number of allylic oxidation sites excluding steroid dienone is 12. The van der Waals surface area contributed by atoms with Gasteiger partial charge in [-0.25, -0.2) is 0 Å². The molecular weight excluding hydrogens is 428 g/mol. The van der Waals surface area contributed by atoms with Crippen LogP contribution in [0, 0.1) is 0 Å². The molecule has 0 aliphatic carbocycles. The lowest BCUT2D eigenvalue weighted by Gasteiger charge is -2.03. The van der Waals surface area contributed by atoms with Gasteiger partial charge in [0.25, 0.3) is 0 Å². The molecule has 0 saturated heterocycles. The van der Waals surface area contributed by atoms with E-state index in [-0.39, 0.29) is 6.42 Å². The quantitative estimate of drug-likeness (QED) is 0.102. The molecule has 0 aliphatic heterocycles. The van der Waals surface area contributed by atoms with Gasteiger partial charge in [-0.05, 0) is 57.9 Å². The smallest absolute Gasteiger partial charge is 0.320 e. The van der Waals surface area contributed by atoms with E-state index in [1.54, 1.807) is 0 Å². The Hall–Kier alpha value is -2.70. The average molecular weight is 475 g/mol. The number of unbranched alkanes of at least 4 members (excludes halogenated alkanes) is 2. The van der Waals surface area contributed by atoms with Crippen LogP contribution in [0.1, 0.15) is 77.6 Å². The summed E-state index contributed by atoms with van der Waals surface area (Å²) in [4.78, 5) is 20.5. The highest BCUT2D eigenvalue weighted by atomic mass is 16.4. The molecule has 0 aromatic heterocycles. The lowest BCUT2D eigenvalue weighted by atomic mass is 10.1. The summed E-state index contributed by atoms with van der Waals surface area (Å²) in [5.41, 5.74) is 10.4. The van der Waals surface area contributed by atoms with Crippen molar-refractivity contribution >= 4 is 11.9 Å². The zero-order chi connectivity index (χ0) is 25.7. The standard InChI is InChI=1S/C22H32O2.C6H14N2O2/c1-2-3-4-5-6-7-8-9-10-11-12-13-14-15-16-17-18-19-20-21-22(23)24;7-4-2-1-3-5(8)6(9)10/h4-7,9-10,12-13,15-16,18-19H,2-3,8,11,14,17,20-21H2,1H3,(H,23,24);5H,1-4,7-8H2,(H,9,10)/b5-4+,7-6+,10-9+,13-12+,16-15+,19-18-;. The zero-order valence-electron chi connectivity index (χ0n) is 20.9. The first-order valence-electron chi connectivity index (χ1n) is 12.3. The third-order valence-electron chi connectivity index (χ3n) is 4.41. The minimum Gasteiger partial charge on any atom is -0.481 e. The molecular formula is C28H46N2O4. The highest BCUT2D eigenvalue weighted by Crippen LogP contribution is 1.98. The number of carboxylic acids is 2. The molecule has 34 heavy (non-hydrogen) atoms. The van der Waals surface area contributed by atoms with Crippen molar-refractivity contribution < 1.29 is 19.8 Å². The molecule has 0 radical (unpaired) electrons. The highest BCUT2D eigenvalue weighted by Gasteiger charge is 2.09. The Balaban J connectivity index is 0. The van der Waals surface area contributed by atoms with Gasteiger partial charge in [0.1, 0.15) is 6.04 Å². The van der Waals surface area contributed by atoms with E-state index in [4.69, 9.17) is 21.7 Å². The summed E-state index contributed by atoms with van der Waals surface area (Å²) < 4.78 is 0. The molecule has 1 unspecified atom stereocenters. The Bertz CT molecular complexity index is 661. The van der Waals surface area contributed by atoms with E-state index in [9.17, 15) is 9.59 Å². The van der Waals surface area contributed by atoms with Crippen LogP contribution in [0.4, 0.5) is 0 Å². The third kappa shape index (κ3) is 31.5. The van der Waals surface area contributed by atoms with Crippen molar-refractivity contribution in [3.8, 4) is 0 Å². The van der Waals surface area contributed by atoms with Crippen LogP contribution in [0.15, 0.2) is 72.9 Å². The second-order valence-electron chi connectivity index (χ2n) is 7.64. The van der Waals surface area contributed by atoms with Crippen LogP contribution in [0.3, 0.4) is 0 Å². The fourth-order valence-corrected chi connectivity index (χ4v) is 2.44. The van der Waals surface area contributed by atoms with Gasteiger partial charge in [0, 0.05) is 6.42 Å². The number of hydrogen-bond donors (Lipinski definition) is 4. The fourth-order valence-electron chi connectivity index (χ4n) is 2.44. The average Bonchev–Trinajstić information content (AvgIpc) is 2.81. The minimum absolute atomic E-state index is 0.210. The van der Waals surface area contributed by atoms with Crippen molar-refractivity contribution in [1.29, 1.82) is 0 Å². The summed E-state index contributed by atoms with van der Waals surface area (Å²) in [6.07, 6.45) is 34.6. The summed E-state index contributed by atoms with van der Waals surface area (Å²) in [6, 6.07) is -0.716. The van der Waals surface area contributed by atoms with Crippen molar-refractivity contribution in [3.63, 3.8) is 0 Å². The highest BCUT2D eigenvalue weighted by molar-refractivity contribution is 5.72. The van der Waals surface area contributed by atoms with E-state index in [0.717, 1.165) is 44.9 Å². The molecule has 6 heteroatoms. The Labute approximate surface area is 206 Å². The van der Waals surface area contributed by atoms with Gasteiger partial charge in [-0.2, -0.15) is 0 Å². The first-order valence-corrected chi connectivity index (χ1v) is 12.3. The van der Waals surface area contributed by atoms with Gasteiger partial charge in [0.2, 0.25) is 0 Å². The summed E-state index contributed by atoms with van der Waals surface area (Å²) in [6.45, 7) is 2.79. The van der Waals surface area contributed by atoms with Crippen LogP contribution in [-0.2, 0) is 9.59 Å². The largest absolute Gasteiger partial charge is 0.481 e. The predicted molar refractivity (Wildman–Crippen MR) is 144 cm³/mol. The van der Waals surface area contributed by atoms with Crippen molar-refractivity contribution in [2.75, 3.05) is 6.54 Å². The Morgan fingerprint density at radius 1 is 0.735 bits per heavy atom. The molecule has 1 atom stereocenters. The monoisotopic (exact) mass is 474 g/mol. The molecule has 6 nitrogen and oxygen atoms in total. The van der Waals surface area contributed by atoms with Crippen molar-refractivity contribution in [3.05, 3.63) is 72.9 Å². The van der Waals surface area contributed by atoms with E-state index >= 15 is 0 Å². The SMILES string of the molecule is CCC/C=C/C=C/C/C=C/C/C=C/C/C=C/C/C=C\CCC(=O)O.NCCCCC(N)C(=O)O. The van der Waals surface area contributed by atoms with Crippen LogP contribution in [0.2, 0.25) is 0 Å². The van der Waals surface area contributed by atoms with Gasteiger partial charge in [-0.3, -0.25) is 9.59 Å². The van der Waals surface area contributed by atoms with Gasteiger partial charge in [-0.15, -0.1) is 0 Å². The zero-order valence-corrected chi connectivity index (χ0v) is 20.9. The van der Waals surface area contributed by atoms with Crippen molar-refractivity contribution in [2.45, 2.75) is 83.6 Å². The summed E-state index contributed by atoms with van der Waals surface area (Å²) in [5.74, 6) is -1.67. The first-order chi connectivity index (χ1) is 16.5. The molecule has 0 saturated carbocycles. The summed E-state index contributed by atoms with van der Waals surface area (Å²) in [5, 5.41) is 16.8. The molecule has 6 N–H and O–H groups in total. The normalized spacial score (nSPS) is 13.0. The molecule has 0 aromatic carbocycles. The summed E-state index contributed by atoms with van der Waals surface area (Å²) >= 11 is 0. The van der Waals surface area contributed by atoms with Crippen molar-refractivity contribution in [1.82, 2.24) is 0 Å². The number of carboxylic acid groups (broad SMARTS) is 2. The Kier molecular flexibility index (Phi) is 27.9. The molecule has 0 heterocycles. The molecule has 0 rings (SSSR count). The molecule has 0 bridgehead atoms. The van der Waals surface area contributed by atoms with Crippen LogP contribution in [-0.4, -0.2) is 34.7 Å². The Morgan fingerprint density at radius 2 is 1.24 bits per heavy atom. The van der Waals surface area contributed by atoms with Crippen molar-refractivity contribution in [2.24, 2.45) is 11.5 Å². The molecule has 0 aromatic rings. The van der Waals surface area contributed by atoms with Crippen LogP contribution in [0.5, 0.6) is 0 Å². The lowest BCUT2D eigenvalue weighted by Crippen LogP contribution is -2.29. The van der Waals surface area contributed by atoms with Crippen LogP contribution in [0.25, 0.3) is 0 Å². The maximum absolute atomic E-state index is 10.3. The lowest BCUT2D eigenvalue weighted by molar-refractivity contribution is -0.139. The number of nitrogens with two attached hydrogens (primary N) is 2. The predicted octanol–water partition coefficient (Wildman–Crippen LogP) is 6.08. The van der Waals surface area contributed by atoms with Crippen LogP contribution < -0.4 is 11.5 Å². The topological polar surface area (TPSA) is 127 Å². The Morgan fingerprint density at radius 3 is 1.71 bits per heavy atom. The maximum atomic E-state index is 10.3. The third-order valence-corrected chi connectivity index (χ3v) is 4.41. The second kappa shape index (κ2) is 28.3. The van der Waals surface area contributed by atoms with Gasteiger partial charge < -0.3 is 21.7 Å². The molecule has 0 amide bonds. The molecule has 192 valence electrons.